The maximum Gasteiger partial charge on any atom is 0.322 e. The van der Waals surface area contributed by atoms with Crippen molar-refractivity contribution >= 4 is 29.0 Å². The van der Waals surface area contributed by atoms with Gasteiger partial charge in [0.2, 0.25) is 5.91 Å². The molecule has 3 aromatic rings. The van der Waals surface area contributed by atoms with Crippen molar-refractivity contribution in [3.63, 3.8) is 0 Å². The summed E-state index contributed by atoms with van der Waals surface area (Å²) in [5.74, 6) is 1.25. The van der Waals surface area contributed by atoms with E-state index in [4.69, 9.17) is 9.47 Å². The standard InChI is InChI=1S/C29H37N3O4S/c1-6-21(2)17-32(29(34)30-26-15-13-24(35-4)16-27(26)36-5)20-28(33)31(18-23-10-8-7-9-11-23)19-25-14-12-22(3)37-25/h7-16,21H,6,17-20H2,1-5H3,(H,30,34). The first-order valence-corrected chi connectivity index (χ1v) is 13.3. The minimum atomic E-state index is -0.344. The zero-order chi connectivity index (χ0) is 26.8. The average molecular weight is 524 g/mol. The van der Waals surface area contributed by atoms with Gasteiger partial charge < -0.3 is 24.6 Å². The Morgan fingerprint density at radius 2 is 1.73 bits per heavy atom. The highest BCUT2D eigenvalue weighted by atomic mass is 32.1. The number of ether oxygens (including phenoxy) is 2. The number of carbonyl (C=O) groups is 2. The van der Waals surface area contributed by atoms with Crippen LogP contribution in [-0.4, -0.2) is 49.0 Å². The van der Waals surface area contributed by atoms with Gasteiger partial charge in [0.15, 0.2) is 0 Å². The fourth-order valence-corrected chi connectivity index (χ4v) is 4.78. The molecule has 0 bridgehead atoms. The average Bonchev–Trinajstić information content (AvgIpc) is 3.32. The lowest BCUT2D eigenvalue weighted by Crippen LogP contribution is -2.45. The number of thiophene rings is 1. The largest absolute Gasteiger partial charge is 0.497 e. The number of hydrogen-bond donors (Lipinski definition) is 1. The minimum Gasteiger partial charge on any atom is -0.497 e. The van der Waals surface area contributed by atoms with Gasteiger partial charge >= 0.3 is 6.03 Å². The topological polar surface area (TPSA) is 71.1 Å². The molecular weight excluding hydrogens is 486 g/mol. The molecular formula is C29H37N3O4S. The Morgan fingerprint density at radius 1 is 0.973 bits per heavy atom. The van der Waals surface area contributed by atoms with Crippen LogP contribution in [0, 0.1) is 12.8 Å². The van der Waals surface area contributed by atoms with Gasteiger partial charge in [0.25, 0.3) is 0 Å². The van der Waals surface area contributed by atoms with E-state index in [1.165, 1.54) is 4.88 Å². The molecule has 0 aliphatic carbocycles. The van der Waals surface area contributed by atoms with E-state index in [0.29, 0.717) is 36.8 Å². The van der Waals surface area contributed by atoms with E-state index in [-0.39, 0.29) is 24.4 Å². The summed E-state index contributed by atoms with van der Waals surface area (Å²) < 4.78 is 10.7. The molecule has 0 saturated carbocycles. The van der Waals surface area contributed by atoms with Gasteiger partial charge in [0.1, 0.15) is 18.0 Å². The number of nitrogens with zero attached hydrogens (tertiary/aromatic N) is 2. The number of rotatable bonds is 12. The zero-order valence-corrected chi connectivity index (χ0v) is 23.1. The number of benzene rings is 2. The molecule has 1 heterocycles. The number of anilines is 1. The van der Waals surface area contributed by atoms with Crippen LogP contribution in [0.5, 0.6) is 11.5 Å². The summed E-state index contributed by atoms with van der Waals surface area (Å²) in [5, 5.41) is 2.93. The van der Waals surface area contributed by atoms with Crippen LogP contribution in [0.25, 0.3) is 0 Å². The molecule has 0 spiro atoms. The summed E-state index contributed by atoms with van der Waals surface area (Å²) in [7, 11) is 3.11. The molecule has 37 heavy (non-hydrogen) atoms. The molecule has 0 radical (unpaired) electrons. The van der Waals surface area contributed by atoms with E-state index < -0.39 is 0 Å². The van der Waals surface area contributed by atoms with Crippen molar-refractivity contribution in [2.75, 3.05) is 32.6 Å². The van der Waals surface area contributed by atoms with Crippen molar-refractivity contribution in [2.45, 2.75) is 40.3 Å². The van der Waals surface area contributed by atoms with Crippen molar-refractivity contribution in [2.24, 2.45) is 5.92 Å². The summed E-state index contributed by atoms with van der Waals surface area (Å²) >= 11 is 1.68. The normalized spacial score (nSPS) is 11.5. The van der Waals surface area contributed by atoms with Gasteiger partial charge in [-0.1, -0.05) is 50.6 Å². The van der Waals surface area contributed by atoms with Gasteiger partial charge in [-0.2, -0.15) is 0 Å². The molecule has 0 aliphatic rings. The van der Waals surface area contributed by atoms with Gasteiger partial charge in [-0.05, 0) is 42.7 Å². The number of urea groups is 1. The lowest BCUT2D eigenvalue weighted by atomic mass is 10.1. The zero-order valence-electron chi connectivity index (χ0n) is 22.3. The first-order valence-electron chi connectivity index (χ1n) is 12.5. The van der Waals surface area contributed by atoms with Crippen LogP contribution in [0.3, 0.4) is 0 Å². The summed E-state index contributed by atoms with van der Waals surface area (Å²) in [4.78, 5) is 32.8. The maximum absolute atomic E-state index is 13.7. The van der Waals surface area contributed by atoms with Gasteiger partial charge in [-0.3, -0.25) is 4.79 Å². The highest BCUT2D eigenvalue weighted by molar-refractivity contribution is 7.11. The molecule has 1 N–H and O–H groups in total. The Labute approximate surface area is 224 Å². The summed E-state index contributed by atoms with van der Waals surface area (Å²) in [6.07, 6.45) is 0.895. The second-order valence-corrected chi connectivity index (χ2v) is 10.5. The minimum absolute atomic E-state index is 0.0220. The highest BCUT2D eigenvalue weighted by Crippen LogP contribution is 2.29. The third-order valence-electron chi connectivity index (χ3n) is 6.20. The fourth-order valence-electron chi connectivity index (χ4n) is 3.88. The predicted octanol–water partition coefficient (Wildman–Crippen LogP) is 6.18. The molecule has 198 valence electrons. The van der Waals surface area contributed by atoms with Crippen LogP contribution in [0.15, 0.2) is 60.7 Å². The molecule has 8 heteroatoms. The third-order valence-corrected chi connectivity index (χ3v) is 7.19. The molecule has 1 aromatic heterocycles. The Hall–Kier alpha value is -3.52. The summed E-state index contributed by atoms with van der Waals surface area (Å²) in [6, 6.07) is 18.9. The predicted molar refractivity (Wildman–Crippen MR) is 149 cm³/mol. The Bertz CT molecular complexity index is 1160. The van der Waals surface area contributed by atoms with Crippen LogP contribution in [-0.2, 0) is 17.9 Å². The molecule has 0 aliphatic heterocycles. The second kappa shape index (κ2) is 13.7. The Morgan fingerprint density at radius 3 is 2.35 bits per heavy atom. The second-order valence-electron chi connectivity index (χ2n) is 9.14. The quantitative estimate of drug-likeness (QED) is 0.308. The van der Waals surface area contributed by atoms with Crippen LogP contribution >= 0.6 is 11.3 Å². The number of nitrogens with one attached hydrogen (secondary N) is 1. The van der Waals surface area contributed by atoms with Gasteiger partial charge in [-0.25, -0.2) is 4.79 Å². The van der Waals surface area contributed by atoms with Crippen molar-refractivity contribution in [1.29, 1.82) is 0 Å². The number of methoxy groups -OCH3 is 2. The van der Waals surface area contributed by atoms with Crippen molar-refractivity contribution in [3.05, 3.63) is 76.0 Å². The van der Waals surface area contributed by atoms with Crippen LogP contribution in [0.2, 0.25) is 0 Å². The van der Waals surface area contributed by atoms with Crippen molar-refractivity contribution in [1.82, 2.24) is 9.80 Å². The SMILES string of the molecule is CCC(C)CN(CC(=O)N(Cc1ccccc1)Cc1ccc(C)s1)C(=O)Nc1ccc(OC)cc1OC. The first kappa shape index (κ1) is 28.1. The molecule has 0 saturated heterocycles. The van der Waals surface area contributed by atoms with E-state index in [0.717, 1.165) is 16.9 Å². The van der Waals surface area contributed by atoms with E-state index in [1.54, 1.807) is 48.7 Å². The lowest BCUT2D eigenvalue weighted by Gasteiger charge is -2.29. The van der Waals surface area contributed by atoms with Crippen molar-refractivity contribution in [3.8, 4) is 11.5 Å². The molecule has 7 nitrogen and oxygen atoms in total. The van der Waals surface area contributed by atoms with E-state index >= 15 is 0 Å². The van der Waals surface area contributed by atoms with Crippen LogP contribution < -0.4 is 14.8 Å². The Balaban J connectivity index is 1.81. The molecule has 1 unspecified atom stereocenters. The van der Waals surface area contributed by atoms with Crippen LogP contribution in [0.1, 0.15) is 35.6 Å². The van der Waals surface area contributed by atoms with E-state index in [1.807, 2.05) is 35.2 Å². The van der Waals surface area contributed by atoms with Gasteiger partial charge in [0, 0.05) is 28.9 Å². The number of amides is 3. The fraction of sp³-hybridized carbons (Fsp3) is 0.379. The highest BCUT2D eigenvalue weighted by Gasteiger charge is 2.24. The molecule has 3 amide bonds. The van der Waals surface area contributed by atoms with E-state index in [9.17, 15) is 9.59 Å². The third kappa shape index (κ3) is 8.25. The number of carbonyl (C=O) groups excluding carboxylic acids is 2. The molecule has 2 aromatic carbocycles. The molecule has 0 fully saturated rings. The van der Waals surface area contributed by atoms with Crippen LogP contribution in [0.4, 0.5) is 10.5 Å². The van der Waals surface area contributed by atoms with Crippen molar-refractivity contribution < 1.29 is 19.1 Å². The monoisotopic (exact) mass is 523 g/mol. The van der Waals surface area contributed by atoms with Gasteiger partial charge in [-0.15, -0.1) is 11.3 Å². The number of hydrogen-bond acceptors (Lipinski definition) is 5. The smallest absolute Gasteiger partial charge is 0.322 e. The molecule has 3 rings (SSSR count). The maximum atomic E-state index is 13.7. The summed E-state index contributed by atoms with van der Waals surface area (Å²) in [5.41, 5.74) is 1.56. The first-order chi connectivity index (χ1) is 17.8. The molecule has 1 atom stereocenters. The lowest BCUT2D eigenvalue weighted by molar-refractivity contribution is -0.133. The Kier molecular flexibility index (Phi) is 10.4. The summed E-state index contributed by atoms with van der Waals surface area (Å²) in [6.45, 7) is 7.63. The number of aryl methyl sites for hydroxylation is 1. The van der Waals surface area contributed by atoms with E-state index in [2.05, 4.69) is 38.2 Å². The van der Waals surface area contributed by atoms with Gasteiger partial charge in [0.05, 0.1) is 26.5 Å².